The number of rotatable bonds is 4. The van der Waals surface area contributed by atoms with Gasteiger partial charge < -0.3 is 5.73 Å². The van der Waals surface area contributed by atoms with Crippen LogP contribution in [0.25, 0.3) is 0 Å². The van der Waals surface area contributed by atoms with Gasteiger partial charge in [0.05, 0.1) is 0 Å². The molecule has 0 saturated heterocycles. The van der Waals surface area contributed by atoms with Gasteiger partial charge in [0.1, 0.15) is 0 Å². The van der Waals surface area contributed by atoms with Gasteiger partial charge in [-0.05, 0) is 35.6 Å². The lowest BCUT2D eigenvalue weighted by Crippen LogP contribution is -2.20. The fourth-order valence-electron chi connectivity index (χ4n) is 2.17. The zero-order valence-electron chi connectivity index (χ0n) is 10.5. The standard InChI is InChI=1S/C16H18BrN/c1-12(10-13-6-5-9-15(17)11-13)16(18)14-7-3-2-4-8-14/h2-9,11-12,16H,10,18H2,1H3. The number of hydrogen-bond acceptors (Lipinski definition) is 1. The van der Waals surface area contributed by atoms with Crippen LogP contribution in [0.1, 0.15) is 24.1 Å². The topological polar surface area (TPSA) is 26.0 Å². The molecule has 0 aliphatic carbocycles. The summed E-state index contributed by atoms with van der Waals surface area (Å²) in [4.78, 5) is 0. The van der Waals surface area contributed by atoms with Crippen LogP contribution in [0.5, 0.6) is 0 Å². The van der Waals surface area contributed by atoms with E-state index in [2.05, 4.69) is 53.2 Å². The van der Waals surface area contributed by atoms with E-state index < -0.39 is 0 Å². The summed E-state index contributed by atoms with van der Waals surface area (Å²) in [6.45, 7) is 2.21. The van der Waals surface area contributed by atoms with Gasteiger partial charge in [-0.15, -0.1) is 0 Å². The fourth-order valence-corrected chi connectivity index (χ4v) is 2.61. The molecule has 0 amide bonds. The summed E-state index contributed by atoms with van der Waals surface area (Å²) in [5.41, 5.74) is 8.84. The van der Waals surface area contributed by atoms with Crippen molar-refractivity contribution < 1.29 is 0 Å². The first-order valence-electron chi connectivity index (χ1n) is 6.22. The molecule has 18 heavy (non-hydrogen) atoms. The van der Waals surface area contributed by atoms with Crippen molar-refractivity contribution in [1.82, 2.24) is 0 Å². The van der Waals surface area contributed by atoms with E-state index in [1.54, 1.807) is 0 Å². The second-order valence-electron chi connectivity index (χ2n) is 4.75. The van der Waals surface area contributed by atoms with Crippen molar-refractivity contribution in [2.75, 3.05) is 0 Å². The number of benzene rings is 2. The fraction of sp³-hybridized carbons (Fsp3) is 0.250. The molecule has 94 valence electrons. The molecule has 2 aromatic rings. The molecule has 2 aromatic carbocycles. The highest BCUT2D eigenvalue weighted by Crippen LogP contribution is 2.23. The summed E-state index contributed by atoms with van der Waals surface area (Å²) in [6, 6.07) is 18.8. The molecule has 0 aromatic heterocycles. The van der Waals surface area contributed by atoms with Crippen LogP contribution in [0.15, 0.2) is 59.1 Å². The van der Waals surface area contributed by atoms with Crippen LogP contribution in [-0.4, -0.2) is 0 Å². The van der Waals surface area contributed by atoms with Crippen LogP contribution in [0.3, 0.4) is 0 Å². The minimum Gasteiger partial charge on any atom is -0.324 e. The van der Waals surface area contributed by atoms with Crippen molar-refractivity contribution in [1.29, 1.82) is 0 Å². The Morgan fingerprint density at radius 2 is 1.78 bits per heavy atom. The van der Waals surface area contributed by atoms with E-state index in [9.17, 15) is 0 Å². The zero-order chi connectivity index (χ0) is 13.0. The Labute approximate surface area is 117 Å². The monoisotopic (exact) mass is 303 g/mol. The van der Waals surface area contributed by atoms with Gasteiger partial charge in [-0.25, -0.2) is 0 Å². The molecule has 0 heterocycles. The van der Waals surface area contributed by atoms with E-state index in [1.807, 2.05) is 24.3 Å². The first kappa shape index (κ1) is 13.3. The van der Waals surface area contributed by atoms with Gasteiger partial charge in [0.25, 0.3) is 0 Å². The Bertz CT molecular complexity index is 495. The summed E-state index contributed by atoms with van der Waals surface area (Å²) in [5, 5.41) is 0. The van der Waals surface area contributed by atoms with Crippen molar-refractivity contribution >= 4 is 15.9 Å². The van der Waals surface area contributed by atoms with E-state index >= 15 is 0 Å². The van der Waals surface area contributed by atoms with Crippen LogP contribution in [-0.2, 0) is 6.42 Å². The molecular weight excluding hydrogens is 286 g/mol. The predicted octanol–water partition coefficient (Wildman–Crippen LogP) is 4.33. The van der Waals surface area contributed by atoms with Crippen molar-refractivity contribution in [2.45, 2.75) is 19.4 Å². The van der Waals surface area contributed by atoms with Gasteiger partial charge in [0.15, 0.2) is 0 Å². The van der Waals surface area contributed by atoms with Crippen LogP contribution in [0, 0.1) is 5.92 Å². The Hall–Kier alpha value is -1.12. The highest BCUT2D eigenvalue weighted by Gasteiger charge is 2.15. The van der Waals surface area contributed by atoms with Gasteiger partial charge in [-0.2, -0.15) is 0 Å². The van der Waals surface area contributed by atoms with Gasteiger partial charge in [0.2, 0.25) is 0 Å². The summed E-state index contributed by atoms with van der Waals surface area (Å²) < 4.78 is 1.13. The Morgan fingerprint density at radius 3 is 2.44 bits per heavy atom. The highest BCUT2D eigenvalue weighted by molar-refractivity contribution is 9.10. The molecule has 0 fully saturated rings. The van der Waals surface area contributed by atoms with Crippen molar-refractivity contribution in [3.05, 3.63) is 70.2 Å². The van der Waals surface area contributed by atoms with E-state index in [0.29, 0.717) is 5.92 Å². The maximum Gasteiger partial charge on any atom is 0.0324 e. The lowest BCUT2D eigenvalue weighted by molar-refractivity contribution is 0.468. The van der Waals surface area contributed by atoms with E-state index in [4.69, 9.17) is 5.73 Å². The quantitative estimate of drug-likeness (QED) is 0.894. The largest absolute Gasteiger partial charge is 0.324 e. The number of hydrogen-bond donors (Lipinski definition) is 1. The molecule has 0 bridgehead atoms. The van der Waals surface area contributed by atoms with Crippen molar-refractivity contribution in [3.8, 4) is 0 Å². The smallest absolute Gasteiger partial charge is 0.0324 e. The molecule has 2 N–H and O–H groups in total. The Kier molecular flexibility index (Phi) is 4.56. The zero-order valence-corrected chi connectivity index (χ0v) is 12.1. The average molecular weight is 304 g/mol. The van der Waals surface area contributed by atoms with Crippen LogP contribution >= 0.6 is 15.9 Å². The predicted molar refractivity (Wildman–Crippen MR) is 80.4 cm³/mol. The van der Waals surface area contributed by atoms with Gasteiger partial charge in [0, 0.05) is 10.5 Å². The molecule has 1 nitrogen and oxygen atoms in total. The molecule has 2 rings (SSSR count). The SMILES string of the molecule is CC(Cc1cccc(Br)c1)C(N)c1ccccc1. The Balaban J connectivity index is 2.06. The summed E-state index contributed by atoms with van der Waals surface area (Å²) in [7, 11) is 0. The van der Waals surface area contributed by atoms with Gasteiger partial charge in [-0.1, -0.05) is 65.3 Å². The number of nitrogens with two attached hydrogens (primary N) is 1. The van der Waals surface area contributed by atoms with Crippen LogP contribution in [0.4, 0.5) is 0 Å². The lowest BCUT2D eigenvalue weighted by atomic mass is 9.90. The molecule has 2 heteroatoms. The van der Waals surface area contributed by atoms with Gasteiger partial charge >= 0.3 is 0 Å². The van der Waals surface area contributed by atoms with Crippen LogP contribution in [0.2, 0.25) is 0 Å². The second-order valence-corrected chi connectivity index (χ2v) is 5.66. The third kappa shape index (κ3) is 3.44. The van der Waals surface area contributed by atoms with E-state index in [1.165, 1.54) is 11.1 Å². The van der Waals surface area contributed by atoms with Crippen LogP contribution < -0.4 is 5.73 Å². The maximum atomic E-state index is 6.31. The Morgan fingerprint density at radius 1 is 1.06 bits per heavy atom. The van der Waals surface area contributed by atoms with Crippen molar-refractivity contribution in [2.24, 2.45) is 11.7 Å². The molecule has 0 aliphatic heterocycles. The van der Waals surface area contributed by atoms with Crippen molar-refractivity contribution in [3.63, 3.8) is 0 Å². The number of halogens is 1. The maximum absolute atomic E-state index is 6.31. The molecule has 2 atom stereocenters. The molecule has 2 unspecified atom stereocenters. The normalized spacial score (nSPS) is 14.2. The van der Waals surface area contributed by atoms with E-state index in [-0.39, 0.29) is 6.04 Å². The molecule has 0 radical (unpaired) electrons. The summed E-state index contributed by atoms with van der Waals surface area (Å²) in [6.07, 6.45) is 0.996. The first-order valence-corrected chi connectivity index (χ1v) is 7.01. The summed E-state index contributed by atoms with van der Waals surface area (Å²) >= 11 is 3.50. The minimum absolute atomic E-state index is 0.0881. The molecule has 0 saturated carbocycles. The minimum atomic E-state index is 0.0881. The highest BCUT2D eigenvalue weighted by atomic mass is 79.9. The second kappa shape index (κ2) is 6.17. The third-order valence-electron chi connectivity index (χ3n) is 3.24. The molecule has 0 aliphatic rings. The average Bonchev–Trinajstić information content (AvgIpc) is 2.39. The molecule has 0 spiro atoms. The first-order chi connectivity index (χ1) is 8.66. The van der Waals surface area contributed by atoms with E-state index in [0.717, 1.165) is 10.9 Å². The summed E-state index contributed by atoms with van der Waals surface area (Å²) in [5.74, 6) is 0.418. The third-order valence-corrected chi connectivity index (χ3v) is 3.74. The lowest BCUT2D eigenvalue weighted by Gasteiger charge is -2.20. The van der Waals surface area contributed by atoms with Gasteiger partial charge in [-0.3, -0.25) is 0 Å². The molecular formula is C16H18BrN.